The third-order valence-corrected chi connectivity index (χ3v) is 4.30. The average Bonchev–Trinajstić information content (AvgIpc) is 2.74. The number of likely N-dealkylation sites (N-methyl/N-ethyl adjacent to an activating group) is 1. The van der Waals surface area contributed by atoms with E-state index in [1.165, 1.54) is 6.42 Å². The quantitative estimate of drug-likeness (QED) is 0.823. The maximum atomic E-state index is 6.32. The fourth-order valence-electron chi connectivity index (χ4n) is 3.14. The van der Waals surface area contributed by atoms with Crippen molar-refractivity contribution in [1.29, 1.82) is 0 Å². The molecule has 1 N–H and O–H groups in total. The number of para-hydroxylation sites is 2. The standard InChI is InChI=1S/C18H29NO2/c1-5-13-20-14-9-7-8-10-15(14)21-16-11-12-18(3,4)17(16)19-6-2/h7-10,16-17,19H,5-6,11-13H2,1-4H3. The van der Waals surface area contributed by atoms with Crippen LogP contribution in [0, 0.1) is 5.41 Å². The second kappa shape index (κ2) is 7.17. The van der Waals surface area contributed by atoms with Crippen LogP contribution in [0.3, 0.4) is 0 Å². The van der Waals surface area contributed by atoms with Crippen LogP contribution in [0.5, 0.6) is 11.5 Å². The van der Waals surface area contributed by atoms with Gasteiger partial charge in [0.1, 0.15) is 6.10 Å². The van der Waals surface area contributed by atoms with E-state index in [9.17, 15) is 0 Å². The summed E-state index contributed by atoms with van der Waals surface area (Å²) in [6, 6.07) is 8.41. The Morgan fingerprint density at radius 1 is 1.19 bits per heavy atom. The molecule has 0 bridgehead atoms. The van der Waals surface area contributed by atoms with Gasteiger partial charge in [0.05, 0.1) is 6.61 Å². The van der Waals surface area contributed by atoms with Crippen LogP contribution in [0.2, 0.25) is 0 Å². The molecule has 118 valence electrons. The van der Waals surface area contributed by atoms with Gasteiger partial charge in [-0.3, -0.25) is 0 Å². The Kier molecular flexibility index (Phi) is 5.51. The van der Waals surface area contributed by atoms with Crippen molar-refractivity contribution in [2.24, 2.45) is 5.41 Å². The predicted molar refractivity (Wildman–Crippen MR) is 87.1 cm³/mol. The lowest BCUT2D eigenvalue weighted by Crippen LogP contribution is -2.46. The van der Waals surface area contributed by atoms with Gasteiger partial charge in [-0.1, -0.05) is 39.8 Å². The fraction of sp³-hybridized carbons (Fsp3) is 0.667. The predicted octanol–water partition coefficient (Wildman–Crippen LogP) is 4.02. The first-order chi connectivity index (χ1) is 10.1. The number of nitrogens with one attached hydrogen (secondary N) is 1. The summed E-state index contributed by atoms with van der Waals surface area (Å²) >= 11 is 0. The Hall–Kier alpha value is -1.22. The summed E-state index contributed by atoms with van der Waals surface area (Å²) in [4.78, 5) is 0. The van der Waals surface area contributed by atoms with E-state index in [1.807, 2.05) is 24.3 Å². The van der Waals surface area contributed by atoms with E-state index in [0.29, 0.717) is 6.04 Å². The van der Waals surface area contributed by atoms with Gasteiger partial charge >= 0.3 is 0 Å². The summed E-state index contributed by atoms with van der Waals surface area (Å²) in [6.07, 6.45) is 3.50. The molecule has 1 aliphatic rings. The van der Waals surface area contributed by atoms with Crippen LogP contribution in [0.25, 0.3) is 0 Å². The van der Waals surface area contributed by atoms with Crippen LogP contribution in [0.4, 0.5) is 0 Å². The normalized spacial score (nSPS) is 24.0. The molecule has 1 aliphatic carbocycles. The highest BCUT2D eigenvalue weighted by Crippen LogP contribution is 2.40. The summed E-state index contributed by atoms with van der Waals surface area (Å²) in [7, 11) is 0. The third kappa shape index (κ3) is 3.91. The molecule has 0 amide bonds. The maximum Gasteiger partial charge on any atom is 0.161 e. The van der Waals surface area contributed by atoms with E-state index in [0.717, 1.165) is 37.5 Å². The van der Waals surface area contributed by atoms with Gasteiger partial charge in [0, 0.05) is 6.04 Å². The van der Waals surface area contributed by atoms with Crippen LogP contribution >= 0.6 is 0 Å². The molecule has 2 atom stereocenters. The molecule has 0 radical (unpaired) electrons. The second-order valence-electron chi connectivity index (χ2n) is 6.51. The Bertz CT molecular complexity index is 445. The highest BCUT2D eigenvalue weighted by Gasteiger charge is 2.43. The minimum atomic E-state index is 0.214. The lowest BCUT2D eigenvalue weighted by atomic mass is 9.87. The van der Waals surface area contributed by atoms with Crippen LogP contribution in [0.15, 0.2) is 24.3 Å². The van der Waals surface area contributed by atoms with Gasteiger partial charge in [-0.15, -0.1) is 0 Å². The molecular weight excluding hydrogens is 262 g/mol. The molecule has 0 aromatic heterocycles. The molecule has 0 heterocycles. The van der Waals surface area contributed by atoms with Crippen molar-refractivity contribution >= 4 is 0 Å². The zero-order valence-corrected chi connectivity index (χ0v) is 13.8. The van der Waals surface area contributed by atoms with Gasteiger partial charge in [0.2, 0.25) is 0 Å². The first-order valence-electron chi connectivity index (χ1n) is 8.20. The molecule has 0 saturated heterocycles. The van der Waals surface area contributed by atoms with Gasteiger partial charge in [-0.2, -0.15) is 0 Å². The highest BCUT2D eigenvalue weighted by molar-refractivity contribution is 5.39. The lowest BCUT2D eigenvalue weighted by Gasteiger charge is -2.31. The molecule has 0 spiro atoms. The number of benzene rings is 1. The van der Waals surface area contributed by atoms with Crippen molar-refractivity contribution < 1.29 is 9.47 Å². The molecule has 3 nitrogen and oxygen atoms in total. The molecule has 1 aromatic rings. The number of hydrogen-bond donors (Lipinski definition) is 1. The summed E-state index contributed by atoms with van der Waals surface area (Å²) < 4.78 is 12.1. The van der Waals surface area contributed by atoms with E-state index >= 15 is 0 Å². The van der Waals surface area contributed by atoms with E-state index in [-0.39, 0.29) is 11.5 Å². The Morgan fingerprint density at radius 3 is 2.57 bits per heavy atom. The van der Waals surface area contributed by atoms with Crippen molar-refractivity contribution in [3.8, 4) is 11.5 Å². The van der Waals surface area contributed by atoms with Crippen molar-refractivity contribution in [3.63, 3.8) is 0 Å². The summed E-state index contributed by atoms with van der Waals surface area (Å²) in [5, 5.41) is 3.60. The number of ether oxygens (including phenoxy) is 2. The maximum absolute atomic E-state index is 6.32. The molecule has 2 unspecified atom stereocenters. The number of hydrogen-bond acceptors (Lipinski definition) is 3. The lowest BCUT2D eigenvalue weighted by molar-refractivity contribution is 0.135. The smallest absolute Gasteiger partial charge is 0.161 e. The topological polar surface area (TPSA) is 30.5 Å². The van der Waals surface area contributed by atoms with Gasteiger partial charge in [-0.25, -0.2) is 0 Å². The van der Waals surface area contributed by atoms with E-state index < -0.39 is 0 Å². The molecule has 1 fully saturated rings. The van der Waals surface area contributed by atoms with Crippen LogP contribution in [0.1, 0.15) is 47.0 Å². The van der Waals surface area contributed by atoms with Gasteiger partial charge in [0.25, 0.3) is 0 Å². The molecule has 2 rings (SSSR count). The first kappa shape index (κ1) is 16.2. The third-order valence-electron chi connectivity index (χ3n) is 4.30. The van der Waals surface area contributed by atoms with Crippen molar-refractivity contribution in [1.82, 2.24) is 5.32 Å². The van der Waals surface area contributed by atoms with Crippen molar-refractivity contribution in [2.45, 2.75) is 59.1 Å². The molecular formula is C18H29NO2. The van der Waals surface area contributed by atoms with E-state index in [2.05, 4.69) is 33.0 Å². The zero-order valence-electron chi connectivity index (χ0n) is 13.8. The molecule has 1 aromatic carbocycles. The minimum absolute atomic E-state index is 0.214. The van der Waals surface area contributed by atoms with Gasteiger partial charge in [0.15, 0.2) is 11.5 Å². The van der Waals surface area contributed by atoms with Gasteiger partial charge < -0.3 is 14.8 Å². The number of rotatable bonds is 7. The average molecular weight is 291 g/mol. The Labute approximate surface area is 129 Å². The van der Waals surface area contributed by atoms with Crippen molar-refractivity contribution in [2.75, 3.05) is 13.2 Å². The Balaban J connectivity index is 2.10. The molecule has 3 heteroatoms. The molecule has 21 heavy (non-hydrogen) atoms. The van der Waals surface area contributed by atoms with E-state index in [4.69, 9.17) is 9.47 Å². The Morgan fingerprint density at radius 2 is 1.90 bits per heavy atom. The molecule has 1 saturated carbocycles. The van der Waals surface area contributed by atoms with Crippen LogP contribution in [-0.2, 0) is 0 Å². The second-order valence-corrected chi connectivity index (χ2v) is 6.51. The molecule has 0 aliphatic heterocycles. The van der Waals surface area contributed by atoms with Crippen molar-refractivity contribution in [3.05, 3.63) is 24.3 Å². The summed E-state index contributed by atoms with van der Waals surface area (Å²) in [5.74, 6) is 1.73. The van der Waals surface area contributed by atoms with Gasteiger partial charge in [-0.05, 0) is 43.4 Å². The highest BCUT2D eigenvalue weighted by atomic mass is 16.5. The van der Waals surface area contributed by atoms with Crippen LogP contribution < -0.4 is 14.8 Å². The van der Waals surface area contributed by atoms with E-state index in [1.54, 1.807) is 0 Å². The zero-order chi connectivity index (χ0) is 15.3. The minimum Gasteiger partial charge on any atom is -0.490 e. The van der Waals surface area contributed by atoms with Crippen LogP contribution in [-0.4, -0.2) is 25.3 Å². The summed E-state index contributed by atoms with van der Waals surface area (Å²) in [6.45, 7) is 10.6. The fourth-order valence-corrected chi connectivity index (χ4v) is 3.14. The summed E-state index contributed by atoms with van der Waals surface area (Å²) in [5.41, 5.74) is 0.278. The largest absolute Gasteiger partial charge is 0.490 e. The SMILES string of the molecule is CCCOc1ccccc1OC1CCC(C)(C)C1NCC. The first-order valence-corrected chi connectivity index (χ1v) is 8.20. The monoisotopic (exact) mass is 291 g/mol.